The summed E-state index contributed by atoms with van der Waals surface area (Å²) in [6.45, 7) is 0. The Hall–Kier alpha value is -3.90. The first-order valence-electron chi connectivity index (χ1n) is 10.5. The number of anilines is 1. The number of aliphatic imine (C=N–C) groups is 1. The molecule has 2 aromatic rings. The van der Waals surface area contributed by atoms with E-state index in [0.29, 0.717) is 16.5 Å². The van der Waals surface area contributed by atoms with Crippen molar-refractivity contribution in [1.29, 1.82) is 5.26 Å². The standard InChI is InChI=1S/C23H19F3N6O2S/c1-32-19(17(34-2)12-28-21(32)23(24,25)26)16-11-14(9-10-27)5-7-15(16)20(33)29-22-31-30-18(35-22)8-6-13-3-4-13/h5,7,11-13,19H,3-4,9H2,1-2H3,(H,29,31,33). The lowest BCUT2D eigenvalue weighted by atomic mass is 9.93. The number of ether oxygens (including phenoxy) is 1. The molecule has 180 valence electrons. The van der Waals surface area contributed by atoms with Gasteiger partial charge in [0.25, 0.3) is 5.91 Å². The van der Waals surface area contributed by atoms with Crippen molar-refractivity contribution in [3.8, 4) is 17.9 Å². The van der Waals surface area contributed by atoms with Crippen LogP contribution in [-0.2, 0) is 11.2 Å². The van der Waals surface area contributed by atoms with E-state index < -0.39 is 24.0 Å². The topological polar surface area (TPSA) is 104 Å². The number of benzene rings is 1. The zero-order valence-electron chi connectivity index (χ0n) is 18.7. The molecule has 1 unspecified atom stereocenters. The number of amidine groups is 1. The molecule has 0 spiro atoms. The van der Waals surface area contributed by atoms with Crippen molar-refractivity contribution < 1.29 is 22.7 Å². The summed E-state index contributed by atoms with van der Waals surface area (Å²) in [6.07, 6.45) is -1.60. The van der Waals surface area contributed by atoms with Crippen molar-refractivity contribution in [2.24, 2.45) is 10.9 Å². The van der Waals surface area contributed by atoms with Crippen LogP contribution < -0.4 is 5.32 Å². The summed E-state index contributed by atoms with van der Waals surface area (Å²) in [5, 5.41) is 20.3. The fourth-order valence-electron chi connectivity index (χ4n) is 3.53. The van der Waals surface area contributed by atoms with Crippen LogP contribution in [0.5, 0.6) is 0 Å². The third-order valence-electron chi connectivity index (χ3n) is 5.34. The molecular formula is C23H19F3N6O2S. The van der Waals surface area contributed by atoms with Gasteiger partial charge in [0.15, 0.2) is 5.01 Å². The number of nitrogens with one attached hydrogen (secondary N) is 1. The number of rotatable bonds is 5. The summed E-state index contributed by atoms with van der Waals surface area (Å²) >= 11 is 1.10. The Morgan fingerprint density at radius 1 is 1.34 bits per heavy atom. The van der Waals surface area contributed by atoms with Gasteiger partial charge in [-0.25, -0.2) is 4.99 Å². The van der Waals surface area contributed by atoms with Crippen molar-refractivity contribution in [2.75, 3.05) is 19.5 Å². The molecule has 1 aromatic carbocycles. The molecule has 4 rings (SSSR count). The van der Waals surface area contributed by atoms with Gasteiger partial charge in [-0.1, -0.05) is 29.4 Å². The Labute approximate surface area is 203 Å². The molecule has 1 fully saturated rings. The van der Waals surface area contributed by atoms with Crippen molar-refractivity contribution in [1.82, 2.24) is 15.1 Å². The average Bonchev–Trinajstić information content (AvgIpc) is 3.54. The number of carbonyl (C=O) groups is 1. The van der Waals surface area contributed by atoms with E-state index >= 15 is 0 Å². The number of nitrogens with zero attached hydrogens (tertiary/aromatic N) is 5. The van der Waals surface area contributed by atoms with Gasteiger partial charge in [0.05, 0.1) is 25.8 Å². The minimum atomic E-state index is -4.72. The smallest absolute Gasteiger partial charge is 0.449 e. The summed E-state index contributed by atoms with van der Waals surface area (Å²) in [5.74, 6) is 4.75. The van der Waals surface area contributed by atoms with Gasteiger partial charge in [-0.15, -0.1) is 10.2 Å². The lowest BCUT2D eigenvalue weighted by Gasteiger charge is -2.35. The SMILES string of the molecule is COC1=CN=C(C(F)(F)F)N(C)C1c1cc(CC#N)ccc1C(=O)Nc1nnc(C#CC2CC2)s1. The van der Waals surface area contributed by atoms with E-state index in [1.807, 2.05) is 6.07 Å². The maximum absolute atomic E-state index is 13.6. The van der Waals surface area contributed by atoms with Crippen LogP contribution in [0.1, 0.15) is 45.4 Å². The minimum Gasteiger partial charge on any atom is -0.497 e. The van der Waals surface area contributed by atoms with Gasteiger partial charge in [0.1, 0.15) is 11.8 Å². The number of amides is 1. The maximum Gasteiger partial charge on any atom is 0.449 e. The van der Waals surface area contributed by atoms with Gasteiger partial charge < -0.3 is 9.64 Å². The Balaban J connectivity index is 1.69. The molecule has 0 radical (unpaired) electrons. The number of likely N-dealkylation sites (N-methyl/N-ethyl adjacent to an activating group) is 1. The fourth-order valence-corrected chi connectivity index (χ4v) is 4.13. The number of methoxy groups -OCH3 is 1. The van der Waals surface area contributed by atoms with Crippen molar-refractivity contribution in [3.05, 3.63) is 51.9 Å². The largest absolute Gasteiger partial charge is 0.497 e. The summed E-state index contributed by atoms with van der Waals surface area (Å²) in [7, 11) is 2.53. The monoisotopic (exact) mass is 500 g/mol. The van der Waals surface area contributed by atoms with E-state index in [4.69, 9.17) is 10.00 Å². The summed E-state index contributed by atoms with van der Waals surface area (Å²) in [6, 6.07) is 5.46. The van der Waals surface area contributed by atoms with E-state index in [1.165, 1.54) is 26.3 Å². The van der Waals surface area contributed by atoms with E-state index in [-0.39, 0.29) is 28.4 Å². The minimum absolute atomic E-state index is 0.0109. The molecule has 12 heteroatoms. The zero-order chi connectivity index (χ0) is 25.2. The molecule has 1 saturated carbocycles. The Morgan fingerprint density at radius 2 is 2.11 bits per heavy atom. The van der Waals surface area contributed by atoms with Crippen LogP contribution >= 0.6 is 11.3 Å². The van der Waals surface area contributed by atoms with E-state index in [0.717, 1.165) is 35.3 Å². The molecule has 2 heterocycles. The van der Waals surface area contributed by atoms with Crippen molar-refractivity contribution in [2.45, 2.75) is 31.5 Å². The first-order chi connectivity index (χ1) is 16.7. The van der Waals surface area contributed by atoms with Crippen LogP contribution in [0.2, 0.25) is 0 Å². The third kappa shape index (κ3) is 5.44. The first-order valence-corrected chi connectivity index (χ1v) is 11.3. The lowest BCUT2D eigenvalue weighted by Crippen LogP contribution is -2.43. The van der Waals surface area contributed by atoms with Crippen LogP contribution in [0, 0.1) is 29.1 Å². The van der Waals surface area contributed by atoms with E-state index in [9.17, 15) is 18.0 Å². The number of hydrogen-bond acceptors (Lipinski definition) is 8. The Bertz CT molecular complexity index is 1310. The van der Waals surface area contributed by atoms with Gasteiger partial charge in [-0.3, -0.25) is 10.1 Å². The number of carbonyl (C=O) groups excluding carboxylic acids is 1. The Kier molecular flexibility index (Phi) is 6.76. The predicted molar refractivity (Wildman–Crippen MR) is 122 cm³/mol. The highest BCUT2D eigenvalue weighted by Crippen LogP contribution is 2.37. The molecule has 1 N–H and O–H groups in total. The fraction of sp³-hybridized carbons (Fsp3) is 0.348. The summed E-state index contributed by atoms with van der Waals surface area (Å²) in [5.41, 5.74) is 0.851. The van der Waals surface area contributed by atoms with E-state index in [1.54, 1.807) is 6.07 Å². The average molecular weight is 501 g/mol. The van der Waals surface area contributed by atoms with Gasteiger partial charge in [-0.05, 0) is 36.0 Å². The Morgan fingerprint density at radius 3 is 2.77 bits per heavy atom. The molecule has 1 amide bonds. The predicted octanol–water partition coefficient (Wildman–Crippen LogP) is 4.05. The van der Waals surface area contributed by atoms with Crippen LogP contribution in [0.15, 0.2) is 35.2 Å². The molecule has 0 saturated heterocycles. The summed E-state index contributed by atoms with van der Waals surface area (Å²) < 4.78 is 46.1. The number of hydrogen-bond donors (Lipinski definition) is 1. The van der Waals surface area contributed by atoms with Crippen LogP contribution in [-0.4, -0.2) is 47.2 Å². The van der Waals surface area contributed by atoms with Gasteiger partial charge in [-0.2, -0.15) is 18.4 Å². The van der Waals surface area contributed by atoms with Crippen LogP contribution in [0.4, 0.5) is 18.3 Å². The number of halogens is 3. The molecule has 1 atom stereocenters. The summed E-state index contributed by atoms with van der Waals surface area (Å²) in [4.78, 5) is 17.6. The second-order valence-corrected chi connectivity index (χ2v) is 8.84. The van der Waals surface area contributed by atoms with Gasteiger partial charge >= 0.3 is 6.18 Å². The molecule has 1 aromatic heterocycles. The highest BCUT2D eigenvalue weighted by Gasteiger charge is 2.44. The molecule has 8 nitrogen and oxygen atoms in total. The van der Waals surface area contributed by atoms with Crippen LogP contribution in [0.25, 0.3) is 0 Å². The van der Waals surface area contributed by atoms with Gasteiger partial charge in [0, 0.05) is 18.5 Å². The number of alkyl halides is 3. The van der Waals surface area contributed by atoms with Gasteiger partial charge in [0.2, 0.25) is 11.0 Å². The first kappa shape index (κ1) is 24.2. The number of aromatic nitrogens is 2. The third-order valence-corrected chi connectivity index (χ3v) is 6.09. The molecule has 1 aliphatic carbocycles. The van der Waals surface area contributed by atoms with E-state index in [2.05, 4.69) is 32.3 Å². The van der Waals surface area contributed by atoms with Crippen LogP contribution in [0.3, 0.4) is 0 Å². The molecule has 0 bridgehead atoms. The molecule has 35 heavy (non-hydrogen) atoms. The second-order valence-electron chi connectivity index (χ2n) is 7.87. The molecular weight excluding hydrogens is 481 g/mol. The van der Waals surface area contributed by atoms with Crippen molar-refractivity contribution in [3.63, 3.8) is 0 Å². The molecule has 2 aliphatic rings. The normalized spacial score (nSPS) is 17.5. The van der Waals surface area contributed by atoms with Crippen molar-refractivity contribution >= 4 is 28.2 Å². The molecule has 1 aliphatic heterocycles. The zero-order valence-corrected chi connectivity index (χ0v) is 19.5. The highest BCUT2D eigenvalue weighted by atomic mass is 32.1. The highest BCUT2D eigenvalue weighted by molar-refractivity contribution is 7.15. The maximum atomic E-state index is 13.6. The lowest BCUT2D eigenvalue weighted by molar-refractivity contribution is -0.0702. The quantitative estimate of drug-likeness (QED) is 0.622. The second kappa shape index (κ2) is 9.76. The number of nitriles is 1.